The number of likely N-dealkylation sites (tertiary alicyclic amines) is 1. The van der Waals surface area contributed by atoms with Crippen LogP contribution < -0.4 is 5.73 Å². The van der Waals surface area contributed by atoms with Gasteiger partial charge in [0.15, 0.2) is 23.0 Å². The molecule has 226 valence electrons. The summed E-state index contributed by atoms with van der Waals surface area (Å²) < 4.78 is 5.24. The van der Waals surface area contributed by atoms with Crippen LogP contribution in [0, 0.1) is 17.8 Å². The molecule has 1 amide bonds. The van der Waals surface area contributed by atoms with E-state index in [4.69, 9.17) is 10.2 Å². The Morgan fingerprint density at radius 3 is 2.52 bits per heavy atom. The predicted molar refractivity (Wildman–Crippen MR) is 151 cm³/mol. The molecule has 3 aliphatic rings. The molecule has 2 heterocycles. The molecular weight excluding hydrogens is 542 g/mol. The molecular formula is C31H39N3O8. The summed E-state index contributed by atoms with van der Waals surface area (Å²) in [5.41, 5.74) is 5.07. The van der Waals surface area contributed by atoms with Gasteiger partial charge in [0.05, 0.1) is 37.0 Å². The third kappa shape index (κ3) is 5.08. The van der Waals surface area contributed by atoms with Crippen molar-refractivity contribution in [3.05, 3.63) is 41.3 Å². The highest BCUT2D eigenvalue weighted by Gasteiger charge is 2.62. The fraction of sp³-hybridized carbons (Fsp3) is 0.548. The molecule has 1 unspecified atom stereocenters. The Morgan fingerprint density at radius 1 is 1.21 bits per heavy atom. The molecule has 2 aliphatic carbocycles. The first-order valence-corrected chi connectivity index (χ1v) is 14.5. The largest absolute Gasteiger partial charge is 0.507 e. The molecule has 2 fully saturated rings. The fourth-order valence-corrected chi connectivity index (χ4v) is 7.35. The second kappa shape index (κ2) is 11.7. The Labute approximate surface area is 244 Å². The van der Waals surface area contributed by atoms with Crippen LogP contribution in [-0.2, 0) is 27.3 Å². The highest BCUT2D eigenvalue weighted by atomic mass is 16.3. The molecule has 2 aromatic rings. The number of piperidine rings is 1. The minimum Gasteiger partial charge on any atom is -0.507 e. The summed E-state index contributed by atoms with van der Waals surface area (Å²) in [6, 6.07) is 2.75. The number of phenols is 1. The Balaban J connectivity index is 1.64. The van der Waals surface area contributed by atoms with Crippen molar-refractivity contribution in [2.24, 2.45) is 23.5 Å². The number of fused-ring (bicyclic) bond motifs is 2. The Bertz CT molecular complexity index is 1380. The summed E-state index contributed by atoms with van der Waals surface area (Å²) in [6.07, 6.45) is 5.68. The monoisotopic (exact) mass is 581 g/mol. The number of hydrogen-bond acceptors (Lipinski definition) is 10. The number of hydrogen-bond donors (Lipinski definition) is 4. The van der Waals surface area contributed by atoms with Gasteiger partial charge in [0, 0.05) is 29.6 Å². The number of aromatic hydroxyl groups is 1. The van der Waals surface area contributed by atoms with Gasteiger partial charge < -0.3 is 30.4 Å². The van der Waals surface area contributed by atoms with Crippen LogP contribution in [0.3, 0.4) is 0 Å². The molecule has 5 atom stereocenters. The van der Waals surface area contributed by atoms with Crippen molar-refractivity contribution >= 4 is 23.3 Å². The van der Waals surface area contributed by atoms with Crippen molar-refractivity contribution in [2.45, 2.75) is 56.7 Å². The summed E-state index contributed by atoms with van der Waals surface area (Å²) in [5.74, 6) is -7.15. The van der Waals surface area contributed by atoms with Crippen molar-refractivity contribution in [2.75, 3.05) is 33.8 Å². The van der Waals surface area contributed by atoms with Gasteiger partial charge in [-0.15, -0.1) is 0 Å². The fourth-order valence-electron chi connectivity index (χ4n) is 7.35. The maximum absolute atomic E-state index is 14.3. The normalized spacial score (nSPS) is 27.0. The number of aliphatic hydroxyl groups excluding tert-OH is 1. The third-order valence-corrected chi connectivity index (χ3v) is 9.47. The number of primary amides is 1. The average molecular weight is 582 g/mol. The van der Waals surface area contributed by atoms with Crippen molar-refractivity contribution in [1.82, 2.24) is 9.80 Å². The number of nitrogens with zero attached hydrogens (tertiary/aromatic N) is 2. The second-order valence-corrected chi connectivity index (χ2v) is 12.2. The van der Waals surface area contributed by atoms with Crippen molar-refractivity contribution in [3.8, 4) is 16.9 Å². The van der Waals surface area contributed by atoms with Crippen molar-refractivity contribution in [3.63, 3.8) is 0 Å². The number of likely N-dealkylation sites (N-methyl/N-ethyl adjacent to an activating group) is 1. The Kier molecular flexibility index (Phi) is 8.39. The number of carbonyl (C=O) groups is 4. The van der Waals surface area contributed by atoms with Gasteiger partial charge in [0.2, 0.25) is 5.91 Å². The first-order valence-electron chi connectivity index (χ1n) is 14.5. The Morgan fingerprint density at radius 2 is 1.93 bits per heavy atom. The number of carbonyl (C=O) groups excluding carboxylic acids is 4. The van der Waals surface area contributed by atoms with Crippen LogP contribution in [0.1, 0.15) is 53.6 Å². The SMILES string of the molecule is CN(C)[C@H](CO)[C@@H]1C[C@@H]2Cc3c(CN4CCCCC4)cc(-c4ccoc4)c(O)c3C(=O)C2C(=O)[C@]1(O)C(=O)CC(N)=O. The molecule has 11 heteroatoms. The lowest BCUT2D eigenvalue weighted by atomic mass is 9.56. The molecule has 0 spiro atoms. The quantitative estimate of drug-likeness (QED) is 0.316. The van der Waals surface area contributed by atoms with Gasteiger partial charge in [-0.3, -0.25) is 24.1 Å². The highest BCUT2D eigenvalue weighted by molar-refractivity contribution is 6.24. The number of aliphatic hydroxyl groups is 2. The average Bonchev–Trinajstić information content (AvgIpc) is 3.48. The summed E-state index contributed by atoms with van der Waals surface area (Å²) in [4.78, 5) is 57.4. The van der Waals surface area contributed by atoms with Crippen LogP contribution in [0.5, 0.6) is 5.75 Å². The van der Waals surface area contributed by atoms with E-state index in [0.717, 1.165) is 37.9 Å². The van der Waals surface area contributed by atoms with E-state index in [1.54, 1.807) is 25.1 Å². The highest BCUT2D eigenvalue weighted by Crippen LogP contribution is 2.50. The van der Waals surface area contributed by atoms with Gasteiger partial charge in [0.1, 0.15) is 5.75 Å². The van der Waals surface area contributed by atoms with Gasteiger partial charge >= 0.3 is 0 Å². The van der Waals surface area contributed by atoms with Gasteiger partial charge in [-0.05, 0) is 82.0 Å². The molecule has 42 heavy (non-hydrogen) atoms. The van der Waals surface area contributed by atoms with Crippen LogP contribution in [0.25, 0.3) is 11.1 Å². The zero-order valence-electron chi connectivity index (χ0n) is 24.0. The zero-order valence-corrected chi connectivity index (χ0v) is 24.0. The molecule has 1 saturated carbocycles. The number of phenolic OH excluding ortho intramolecular Hbond substituents is 1. The molecule has 5 N–H and O–H groups in total. The number of nitrogens with two attached hydrogens (primary N) is 1. The van der Waals surface area contributed by atoms with E-state index in [-0.39, 0.29) is 24.2 Å². The summed E-state index contributed by atoms with van der Waals surface area (Å²) in [6.45, 7) is 1.92. The predicted octanol–water partition coefficient (Wildman–Crippen LogP) is 1.30. The van der Waals surface area contributed by atoms with Crippen molar-refractivity contribution < 1.29 is 38.9 Å². The maximum Gasteiger partial charge on any atom is 0.225 e. The second-order valence-electron chi connectivity index (χ2n) is 12.2. The standard InChI is InChI=1S/C31H39N3O8/c1-33(2)23(15-35)22-12-18-10-20-19(14-34-7-4-3-5-8-34)11-21(17-6-9-42-16-17)28(38)27(20)29(39)26(18)30(40)31(22,41)24(36)13-25(32)37/h6,9,11,16,18,22-23,26,35,38,41H,3-5,7-8,10,12-15H2,1-2H3,(H2,32,37)/t18-,22-,23+,26?,31+/m0/s1. The first-order chi connectivity index (χ1) is 20.0. The van der Waals surface area contributed by atoms with E-state index in [1.165, 1.54) is 12.5 Å². The number of furan rings is 1. The lowest BCUT2D eigenvalue weighted by molar-refractivity contribution is -0.171. The van der Waals surface area contributed by atoms with Gasteiger partial charge in [-0.25, -0.2) is 0 Å². The molecule has 0 radical (unpaired) electrons. The van der Waals surface area contributed by atoms with Crippen LogP contribution >= 0.6 is 0 Å². The molecule has 1 aromatic heterocycles. The molecule has 1 saturated heterocycles. The number of rotatable bonds is 9. The van der Waals surface area contributed by atoms with Gasteiger partial charge in [0.25, 0.3) is 0 Å². The summed E-state index contributed by atoms with van der Waals surface area (Å²) in [5, 5.41) is 33.6. The van der Waals surface area contributed by atoms with E-state index < -0.39 is 65.7 Å². The van der Waals surface area contributed by atoms with Crippen LogP contribution in [0.4, 0.5) is 0 Å². The third-order valence-electron chi connectivity index (χ3n) is 9.47. The first kappa shape index (κ1) is 30.1. The zero-order chi connectivity index (χ0) is 30.3. The number of amides is 1. The van der Waals surface area contributed by atoms with E-state index in [2.05, 4.69) is 4.90 Å². The Hall–Kier alpha value is -3.38. The van der Waals surface area contributed by atoms with Gasteiger partial charge in [-0.2, -0.15) is 0 Å². The molecule has 0 bridgehead atoms. The lowest BCUT2D eigenvalue weighted by Crippen LogP contribution is -2.67. The van der Waals surface area contributed by atoms with Crippen LogP contribution in [0.2, 0.25) is 0 Å². The van der Waals surface area contributed by atoms with E-state index in [1.807, 2.05) is 6.07 Å². The number of benzene rings is 1. The molecule has 1 aliphatic heterocycles. The maximum atomic E-state index is 14.3. The van der Waals surface area contributed by atoms with Crippen LogP contribution in [0.15, 0.2) is 29.1 Å². The lowest BCUT2D eigenvalue weighted by Gasteiger charge is -2.49. The topological polar surface area (TPSA) is 175 Å². The number of Topliss-reactive ketones (excluding diaryl/α,β-unsaturated/α-hetero) is 3. The molecule has 1 aromatic carbocycles. The molecule has 5 rings (SSSR count). The van der Waals surface area contributed by atoms with E-state index >= 15 is 0 Å². The minimum atomic E-state index is -2.71. The summed E-state index contributed by atoms with van der Waals surface area (Å²) >= 11 is 0. The number of ketones is 3. The smallest absolute Gasteiger partial charge is 0.225 e. The van der Waals surface area contributed by atoms with E-state index in [9.17, 15) is 34.5 Å². The van der Waals surface area contributed by atoms with Gasteiger partial charge in [-0.1, -0.05) is 6.42 Å². The minimum absolute atomic E-state index is 0.0183. The summed E-state index contributed by atoms with van der Waals surface area (Å²) in [7, 11) is 3.31. The molecule has 11 nitrogen and oxygen atoms in total. The van der Waals surface area contributed by atoms with Crippen molar-refractivity contribution in [1.29, 1.82) is 0 Å². The van der Waals surface area contributed by atoms with E-state index in [0.29, 0.717) is 23.2 Å². The van der Waals surface area contributed by atoms with Crippen LogP contribution in [-0.4, -0.2) is 93.8 Å².